The SMILES string of the molecule is Nc1ccc(-c2ccncn2)c(O)c1. The first-order chi connectivity index (χ1) is 6.77. The van der Waals surface area contributed by atoms with E-state index in [2.05, 4.69) is 9.97 Å². The summed E-state index contributed by atoms with van der Waals surface area (Å²) < 4.78 is 0. The van der Waals surface area contributed by atoms with E-state index in [-0.39, 0.29) is 5.75 Å². The predicted molar refractivity (Wildman–Crippen MR) is 53.5 cm³/mol. The number of benzene rings is 1. The average Bonchev–Trinajstić information content (AvgIpc) is 2.19. The van der Waals surface area contributed by atoms with Crippen LogP contribution in [-0.2, 0) is 0 Å². The zero-order chi connectivity index (χ0) is 9.97. The van der Waals surface area contributed by atoms with E-state index >= 15 is 0 Å². The second-order valence-electron chi connectivity index (χ2n) is 2.87. The standard InChI is InChI=1S/C10H9N3O/c11-7-1-2-8(10(14)5-7)9-3-4-12-6-13-9/h1-6,14H,11H2. The van der Waals surface area contributed by atoms with Gasteiger partial charge in [-0.1, -0.05) is 0 Å². The number of nitrogens with zero attached hydrogens (tertiary/aromatic N) is 2. The molecule has 0 unspecified atom stereocenters. The molecule has 0 fully saturated rings. The van der Waals surface area contributed by atoms with Crippen molar-refractivity contribution in [3.8, 4) is 17.0 Å². The molecule has 1 aromatic heterocycles. The quantitative estimate of drug-likeness (QED) is 0.662. The molecular weight excluding hydrogens is 178 g/mol. The molecule has 70 valence electrons. The zero-order valence-electron chi connectivity index (χ0n) is 7.38. The van der Waals surface area contributed by atoms with Crippen LogP contribution < -0.4 is 5.73 Å². The van der Waals surface area contributed by atoms with Crippen molar-refractivity contribution < 1.29 is 5.11 Å². The van der Waals surface area contributed by atoms with Gasteiger partial charge in [-0.25, -0.2) is 9.97 Å². The van der Waals surface area contributed by atoms with Gasteiger partial charge in [-0.3, -0.25) is 0 Å². The molecule has 0 saturated carbocycles. The van der Waals surface area contributed by atoms with Gasteiger partial charge in [-0.05, 0) is 18.2 Å². The molecule has 0 atom stereocenters. The molecule has 0 amide bonds. The van der Waals surface area contributed by atoms with Crippen molar-refractivity contribution in [2.24, 2.45) is 0 Å². The lowest BCUT2D eigenvalue weighted by atomic mass is 10.1. The summed E-state index contributed by atoms with van der Waals surface area (Å²) >= 11 is 0. The summed E-state index contributed by atoms with van der Waals surface area (Å²) in [5.74, 6) is 0.128. The maximum Gasteiger partial charge on any atom is 0.127 e. The summed E-state index contributed by atoms with van der Waals surface area (Å²) in [6.45, 7) is 0. The third kappa shape index (κ3) is 1.50. The molecular formula is C10H9N3O. The number of rotatable bonds is 1. The lowest BCUT2D eigenvalue weighted by Gasteiger charge is -2.03. The number of aromatic hydroxyl groups is 1. The van der Waals surface area contributed by atoms with Crippen LogP contribution in [0.3, 0.4) is 0 Å². The minimum atomic E-state index is 0.128. The van der Waals surface area contributed by atoms with Gasteiger partial charge in [0, 0.05) is 23.5 Å². The van der Waals surface area contributed by atoms with E-state index in [9.17, 15) is 5.11 Å². The Kier molecular flexibility index (Phi) is 2.02. The van der Waals surface area contributed by atoms with Gasteiger partial charge < -0.3 is 10.8 Å². The third-order valence-electron chi connectivity index (χ3n) is 1.88. The molecule has 0 aliphatic carbocycles. The molecule has 0 aliphatic heterocycles. The summed E-state index contributed by atoms with van der Waals surface area (Å²) in [4.78, 5) is 7.83. The van der Waals surface area contributed by atoms with E-state index in [1.807, 2.05) is 0 Å². The molecule has 0 radical (unpaired) electrons. The summed E-state index contributed by atoms with van der Waals surface area (Å²) in [5.41, 5.74) is 7.37. The molecule has 1 aromatic carbocycles. The van der Waals surface area contributed by atoms with Gasteiger partial charge in [-0.15, -0.1) is 0 Å². The predicted octanol–water partition coefficient (Wildman–Crippen LogP) is 1.43. The maximum absolute atomic E-state index is 9.60. The third-order valence-corrected chi connectivity index (χ3v) is 1.88. The van der Waals surface area contributed by atoms with E-state index in [1.165, 1.54) is 12.4 Å². The Morgan fingerprint density at radius 3 is 2.71 bits per heavy atom. The highest BCUT2D eigenvalue weighted by Crippen LogP contribution is 2.28. The largest absolute Gasteiger partial charge is 0.507 e. The number of hydrogen-bond acceptors (Lipinski definition) is 4. The zero-order valence-corrected chi connectivity index (χ0v) is 7.38. The van der Waals surface area contributed by atoms with Gasteiger partial charge in [0.1, 0.15) is 12.1 Å². The number of phenolic OH excluding ortho intramolecular Hbond substituents is 1. The minimum Gasteiger partial charge on any atom is -0.507 e. The summed E-state index contributed by atoms with van der Waals surface area (Å²) in [5, 5.41) is 9.60. The Balaban J connectivity index is 2.53. The van der Waals surface area contributed by atoms with Crippen molar-refractivity contribution in [2.75, 3.05) is 5.73 Å². The Labute approximate surface area is 81.1 Å². The van der Waals surface area contributed by atoms with Gasteiger partial charge in [-0.2, -0.15) is 0 Å². The first-order valence-electron chi connectivity index (χ1n) is 4.12. The lowest BCUT2D eigenvalue weighted by Crippen LogP contribution is -1.87. The normalized spacial score (nSPS) is 10.0. The first-order valence-corrected chi connectivity index (χ1v) is 4.12. The molecule has 3 N–H and O–H groups in total. The van der Waals surface area contributed by atoms with Crippen molar-refractivity contribution in [1.29, 1.82) is 0 Å². The number of nitrogen functional groups attached to an aromatic ring is 1. The van der Waals surface area contributed by atoms with Crippen molar-refractivity contribution >= 4 is 5.69 Å². The first kappa shape index (κ1) is 8.50. The van der Waals surface area contributed by atoms with Crippen molar-refractivity contribution in [3.63, 3.8) is 0 Å². The van der Waals surface area contributed by atoms with Crippen LogP contribution in [0.15, 0.2) is 36.8 Å². The fourth-order valence-electron chi connectivity index (χ4n) is 1.22. The van der Waals surface area contributed by atoms with Crippen molar-refractivity contribution in [2.45, 2.75) is 0 Å². The van der Waals surface area contributed by atoms with E-state index in [0.717, 1.165) is 0 Å². The van der Waals surface area contributed by atoms with Gasteiger partial charge in [0.2, 0.25) is 0 Å². The van der Waals surface area contributed by atoms with E-state index in [1.54, 1.807) is 24.4 Å². The van der Waals surface area contributed by atoms with Crippen LogP contribution in [0.1, 0.15) is 0 Å². The minimum absolute atomic E-state index is 0.128. The highest BCUT2D eigenvalue weighted by atomic mass is 16.3. The highest BCUT2D eigenvalue weighted by Gasteiger charge is 2.04. The number of aromatic nitrogens is 2. The van der Waals surface area contributed by atoms with Crippen LogP contribution in [0.25, 0.3) is 11.3 Å². The van der Waals surface area contributed by atoms with Crippen LogP contribution in [0.5, 0.6) is 5.75 Å². The van der Waals surface area contributed by atoms with Gasteiger partial charge >= 0.3 is 0 Å². The Bertz CT molecular complexity index is 442. The second kappa shape index (κ2) is 3.33. The van der Waals surface area contributed by atoms with Gasteiger partial charge in [0.15, 0.2) is 0 Å². The Morgan fingerprint density at radius 1 is 1.21 bits per heavy atom. The van der Waals surface area contributed by atoms with Crippen molar-refractivity contribution in [3.05, 3.63) is 36.8 Å². The second-order valence-corrected chi connectivity index (χ2v) is 2.87. The van der Waals surface area contributed by atoms with Crippen LogP contribution in [-0.4, -0.2) is 15.1 Å². The Hall–Kier alpha value is -2.10. The van der Waals surface area contributed by atoms with Crippen LogP contribution in [0.2, 0.25) is 0 Å². The molecule has 0 saturated heterocycles. The maximum atomic E-state index is 9.60. The fourth-order valence-corrected chi connectivity index (χ4v) is 1.22. The van der Waals surface area contributed by atoms with E-state index < -0.39 is 0 Å². The Morgan fingerprint density at radius 2 is 2.07 bits per heavy atom. The number of phenols is 1. The van der Waals surface area contributed by atoms with Gasteiger partial charge in [0.05, 0.1) is 5.69 Å². The van der Waals surface area contributed by atoms with Crippen LogP contribution in [0.4, 0.5) is 5.69 Å². The van der Waals surface area contributed by atoms with Crippen LogP contribution in [0, 0.1) is 0 Å². The summed E-state index contributed by atoms with van der Waals surface area (Å²) in [6.07, 6.45) is 3.06. The number of anilines is 1. The number of hydrogen-bond donors (Lipinski definition) is 2. The van der Waals surface area contributed by atoms with Gasteiger partial charge in [0.25, 0.3) is 0 Å². The van der Waals surface area contributed by atoms with E-state index in [0.29, 0.717) is 16.9 Å². The summed E-state index contributed by atoms with van der Waals surface area (Å²) in [6, 6.07) is 6.67. The van der Waals surface area contributed by atoms with Crippen LogP contribution >= 0.6 is 0 Å². The molecule has 2 aromatic rings. The molecule has 0 spiro atoms. The molecule has 0 aliphatic rings. The lowest BCUT2D eigenvalue weighted by molar-refractivity contribution is 0.477. The molecule has 14 heavy (non-hydrogen) atoms. The summed E-state index contributed by atoms with van der Waals surface area (Å²) in [7, 11) is 0. The fraction of sp³-hybridized carbons (Fsp3) is 0. The molecule has 0 bridgehead atoms. The average molecular weight is 187 g/mol. The molecule has 2 rings (SSSR count). The van der Waals surface area contributed by atoms with E-state index in [4.69, 9.17) is 5.73 Å². The molecule has 1 heterocycles. The smallest absolute Gasteiger partial charge is 0.127 e. The monoisotopic (exact) mass is 187 g/mol. The topological polar surface area (TPSA) is 72.0 Å². The highest BCUT2D eigenvalue weighted by molar-refractivity contribution is 5.69. The molecule has 4 nitrogen and oxygen atoms in total. The van der Waals surface area contributed by atoms with Crippen molar-refractivity contribution in [1.82, 2.24) is 9.97 Å². The number of nitrogens with two attached hydrogens (primary N) is 1. The molecule has 4 heteroatoms.